The fourth-order valence-corrected chi connectivity index (χ4v) is 2.02. The second kappa shape index (κ2) is 4.94. The van der Waals surface area contributed by atoms with Gasteiger partial charge in [-0.1, -0.05) is 27.7 Å². The van der Waals surface area contributed by atoms with Gasteiger partial charge in [0.15, 0.2) is 0 Å². The van der Waals surface area contributed by atoms with Crippen molar-refractivity contribution in [1.29, 1.82) is 0 Å². The van der Waals surface area contributed by atoms with E-state index < -0.39 is 12.0 Å². The minimum atomic E-state index is -0.980. The van der Waals surface area contributed by atoms with Crippen LogP contribution in [0.25, 0.3) is 0 Å². The Bertz CT molecular complexity index is 313. The van der Waals surface area contributed by atoms with E-state index in [-0.39, 0.29) is 17.4 Å². The minimum Gasteiger partial charge on any atom is -0.480 e. The molecule has 17 heavy (non-hydrogen) atoms. The highest BCUT2D eigenvalue weighted by molar-refractivity contribution is 5.82. The molecule has 0 spiro atoms. The summed E-state index contributed by atoms with van der Waals surface area (Å²) in [6, 6.07) is -1.08. The van der Waals surface area contributed by atoms with Gasteiger partial charge >= 0.3 is 12.0 Å². The number of hydrogen-bond donors (Lipinski definition) is 2. The van der Waals surface area contributed by atoms with Crippen LogP contribution in [-0.4, -0.2) is 41.1 Å². The topological polar surface area (TPSA) is 69.6 Å². The average Bonchev–Trinajstić information content (AvgIpc) is 2.53. The second-order valence-electron chi connectivity index (χ2n) is 5.85. The zero-order valence-electron chi connectivity index (χ0n) is 11.0. The van der Waals surface area contributed by atoms with Gasteiger partial charge in [0.1, 0.15) is 6.04 Å². The van der Waals surface area contributed by atoms with Crippen LogP contribution in [0, 0.1) is 11.3 Å². The Morgan fingerprint density at radius 3 is 2.29 bits per heavy atom. The lowest BCUT2D eigenvalue weighted by Crippen LogP contribution is -2.49. The van der Waals surface area contributed by atoms with Crippen LogP contribution in [0.2, 0.25) is 0 Å². The number of nitrogens with zero attached hydrogens (tertiary/aromatic N) is 1. The highest BCUT2D eigenvalue weighted by Gasteiger charge is 2.34. The molecule has 0 aliphatic carbocycles. The minimum absolute atomic E-state index is 0.118. The third kappa shape index (κ3) is 3.61. The lowest BCUT2D eigenvalue weighted by Gasteiger charge is -2.24. The first-order chi connectivity index (χ1) is 7.73. The second-order valence-corrected chi connectivity index (χ2v) is 5.85. The molecule has 0 aromatic carbocycles. The molecule has 1 rings (SSSR count). The number of hydrogen-bond acceptors (Lipinski definition) is 2. The van der Waals surface area contributed by atoms with Gasteiger partial charge in [-0.3, -0.25) is 0 Å². The summed E-state index contributed by atoms with van der Waals surface area (Å²) in [6.45, 7) is 9.17. The fourth-order valence-electron chi connectivity index (χ4n) is 2.02. The summed E-state index contributed by atoms with van der Waals surface area (Å²) in [5.74, 6) is -1.10. The quantitative estimate of drug-likeness (QED) is 0.788. The molecule has 0 saturated carbocycles. The van der Waals surface area contributed by atoms with Crippen molar-refractivity contribution in [3.8, 4) is 0 Å². The smallest absolute Gasteiger partial charge is 0.326 e. The van der Waals surface area contributed by atoms with Gasteiger partial charge < -0.3 is 15.3 Å². The van der Waals surface area contributed by atoms with Gasteiger partial charge in [0, 0.05) is 13.1 Å². The van der Waals surface area contributed by atoms with Gasteiger partial charge in [-0.25, -0.2) is 9.59 Å². The Balaban J connectivity index is 2.57. The molecule has 1 heterocycles. The molecule has 5 heteroatoms. The molecule has 2 amide bonds. The van der Waals surface area contributed by atoms with E-state index in [4.69, 9.17) is 5.11 Å². The summed E-state index contributed by atoms with van der Waals surface area (Å²) in [5.41, 5.74) is 0.133. The number of likely N-dealkylation sites (tertiary alicyclic amines) is 1. The van der Waals surface area contributed by atoms with Gasteiger partial charge in [-0.05, 0) is 17.8 Å². The van der Waals surface area contributed by atoms with Gasteiger partial charge in [0.25, 0.3) is 0 Å². The molecule has 1 aliphatic rings. The predicted molar refractivity (Wildman–Crippen MR) is 64.8 cm³/mol. The van der Waals surface area contributed by atoms with Crippen LogP contribution in [-0.2, 0) is 4.79 Å². The monoisotopic (exact) mass is 242 g/mol. The van der Waals surface area contributed by atoms with Crippen molar-refractivity contribution in [3.63, 3.8) is 0 Å². The van der Waals surface area contributed by atoms with Crippen LogP contribution in [0.1, 0.15) is 34.1 Å². The number of carboxylic acids is 1. The molecule has 2 N–H and O–H groups in total. The fraction of sp³-hybridized carbons (Fsp3) is 0.833. The van der Waals surface area contributed by atoms with E-state index in [2.05, 4.69) is 19.2 Å². The molecule has 5 nitrogen and oxygen atoms in total. The Labute approximate surface area is 102 Å². The maximum Gasteiger partial charge on any atom is 0.326 e. The molecule has 1 saturated heterocycles. The first-order valence-electron chi connectivity index (χ1n) is 6.01. The molecular formula is C12H22N2O3. The summed E-state index contributed by atoms with van der Waals surface area (Å²) >= 11 is 0. The first kappa shape index (κ1) is 13.8. The molecule has 0 unspecified atom stereocenters. The Hall–Kier alpha value is -1.26. The summed E-state index contributed by atoms with van der Waals surface area (Å²) < 4.78 is 0. The number of aliphatic carboxylic acids is 1. The van der Waals surface area contributed by atoms with E-state index in [9.17, 15) is 9.59 Å². The third-order valence-electron chi connectivity index (χ3n) is 3.18. The summed E-state index contributed by atoms with van der Waals surface area (Å²) in [6.07, 6.45) is 0.958. The molecule has 0 aromatic rings. The lowest BCUT2D eigenvalue weighted by molar-refractivity contribution is -0.140. The van der Waals surface area contributed by atoms with Gasteiger partial charge in [0.2, 0.25) is 0 Å². The van der Waals surface area contributed by atoms with E-state index in [1.54, 1.807) is 18.7 Å². The van der Waals surface area contributed by atoms with Crippen LogP contribution < -0.4 is 5.32 Å². The van der Waals surface area contributed by atoms with Gasteiger partial charge in [-0.15, -0.1) is 0 Å². The largest absolute Gasteiger partial charge is 0.480 e. The van der Waals surface area contributed by atoms with Crippen LogP contribution in [0.5, 0.6) is 0 Å². The Morgan fingerprint density at radius 1 is 1.35 bits per heavy atom. The first-order valence-corrected chi connectivity index (χ1v) is 6.01. The zero-order valence-corrected chi connectivity index (χ0v) is 11.0. The van der Waals surface area contributed by atoms with Crippen LogP contribution >= 0.6 is 0 Å². The van der Waals surface area contributed by atoms with Crippen molar-refractivity contribution in [3.05, 3.63) is 0 Å². The molecular weight excluding hydrogens is 220 g/mol. The normalized spacial score (nSPS) is 20.4. The number of amides is 2. The van der Waals surface area contributed by atoms with E-state index in [1.165, 1.54) is 0 Å². The van der Waals surface area contributed by atoms with Crippen LogP contribution in [0.15, 0.2) is 0 Å². The molecule has 1 fully saturated rings. The summed E-state index contributed by atoms with van der Waals surface area (Å²) in [5, 5.41) is 11.6. The molecule has 1 atom stereocenters. The Morgan fingerprint density at radius 2 is 1.94 bits per heavy atom. The maximum absolute atomic E-state index is 11.9. The predicted octanol–water partition coefficient (Wildman–Crippen LogP) is 1.54. The molecule has 0 aromatic heterocycles. The number of carbonyl (C=O) groups excluding carboxylic acids is 1. The van der Waals surface area contributed by atoms with E-state index in [1.807, 2.05) is 0 Å². The number of carboxylic acid groups (broad SMARTS) is 1. The number of nitrogens with one attached hydrogen (secondary N) is 1. The zero-order chi connectivity index (χ0) is 13.2. The number of rotatable bonds is 3. The van der Waals surface area contributed by atoms with Crippen molar-refractivity contribution >= 4 is 12.0 Å². The molecule has 98 valence electrons. The number of carbonyl (C=O) groups is 2. The van der Waals surface area contributed by atoms with E-state index in [0.29, 0.717) is 13.1 Å². The standard InChI is InChI=1S/C12H22N2O3/c1-8(2)9(10(15)16)13-11(17)14-6-5-12(3,4)7-14/h8-9H,5-7H2,1-4H3,(H,13,17)(H,15,16)/t9-/m1/s1. The highest BCUT2D eigenvalue weighted by atomic mass is 16.4. The number of urea groups is 1. The van der Waals surface area contributed by atoms with Crippen molar-refractivity contribution in [2.75, 3.05) is 13.1 Å². The molecule has 1 aliphatic heterocycles. The lowest BCUT2D eigenvalue weighted by atomic mass is 9.93. The van der Waals surface area contributed by atoms with Crippen molar-refractivity contribution in [2.45, 2.75) is 40.2 Å². The third-order valence-corrected chi connectivity index (χ3v) is 3.18. The van der Waals surface area contributed by atoms with Crippen molar-refractivity contribution in [2.24, 2.45) is 11.3 Å². The SMILES string of the molecule is CC(C)[C@@H](NC(=O)N1CCC(C)(C)C1)C(=O)O. The summed E-state index contributed by atoms with van der Waals surface area (Å²) in [4.78, 5) is 24.6. The van der Waals surface area contributed by atoms with Crippen LogP contribution in [0.3, 0.4) is 0 Å². The van der Waals surface area contributed by atoms with E-state index >= 15 is 0 Å². The summed E-state index contributed by atoms with van der Waals surface area (Å²) in [7, 11) is 0. The Kier molecular flexibility index (Phi) is 4.01. The van der Waals surface area contributed by atoms with Crippen molar-refractivity contribution < 1.29 is 14.7 Å². The average molecular weight is 242 g/mol. The highest BCUT2D eigenvalue weighted by Crippen LogP contribution is 2.28. The van der Waals surface area contributed by atoms with Gasteiger partial charge in [0.05, 0.1) is 0 Å². The van der Waals surface area contributed by atoms with Crippen LogP contribution in [0.4, 0.5) is 4.79 Å². The van der Waals surface area contributed by atoms with E-state index in [0.717, 1.165) is 6.42 Å². The molecule has 0 radical (unpaired) electrons. The van der Waals surface area contributed by atoms with Crippen molar-refractivity contribution in [1.82, 2.24) is 10.2 Å². The van der Waals surface area contributed by atoms with Gasteiger partial charge in [-0.2, -0.15) is 0 Å². The maximum atomic E-state index is 11.9. The molecule has 0 bridgehead atoms.